The van der Waals surface area contributed by atoms with Gasteiger partial charge in [0.25, 0.3) is 0 Å². The number of allylic oxidation sites excluding steroid dienone is 3. The number of anilines is 2. The second-order valence-corrected chi connectivity index (χ2v) is 10.6. The third-order valence-electron chi connectivity index (χ3n) is 6.17. The van der Waals surface area contributed by atoms with Crippen molar-refractivity contribution in [3.63, 3.8) is 0 Å². The minimum Gasteiger partial charge on any atom is -0.384 e. The number of thioether (sulfide) groups is 1. The van der Waals surface area contributed by atoms with Crippen molar-refractivity contribution in [2.24, 2.45) is 5.73 Å². The molecule has 1 aliphatic carbocycles. The van der Waals surface area contributed by atoms with Crippen LogP contribution in [0.1, 0.15) is 36.3 Å². The van der Waals surface area contributed by atoms with Crippen LogP contribution in [0.3, 0.4) is 0 Å². The highest BCUT2D eigenvalue weighted by atomic mass is 32.2. The van der Waals surface area contributed by atoms with Gasteiger partial charge in [0.15, 0.2) is 10.1 Å². The molecule has 1 unspecified atom stereocenters. The molecular formula is C26H20N8O2S2. The topological polar surface area (TPSA) is 162 Å². The molecule has 3 heterocycles. The van der Waals surface area contributed by atoms with Gasteiger partial charge in [-0.15, -0.1) is 10.2 Å². The van der Waals surface area contributed by atoms with Crippen molar-refractivity contribution in [1.82, 2.24) is 15.2 Å². The van der Waals surface area contributed by atoms with E-state index in [1.807, 2.05) is 12.1 Å². The number of pyridine rings is 1. The lowest BCUT2D eigenvalue weighted by Gasteiger charge is -2.37. The van der Waals surface area contributed by atoms with Gasteiger partial charge in [-0.3, -0.25) is 19.5 Å². The zero-order valence-electron chi connectivity index (χ0n) is 19.9. The number of nitriles is 2. The van der Waals surface area contributed by atoms with Gasteiger partial charge in [-0.1, -0.05) is 41.3 Å². The number of ketones is 1. The lowest BCUT2D eigenvalue weighted by Crippen LogP contribution is -2.38. The van der Waals surface area contributed by atoms with E-state index in [4.69, 9.17) is 5.73 Å². The predicted octanol–water partition coefficient (Wildman–Crippen LogP) is 3.84. The third kappa shape index (κ3) is 4.75. The fraction of sp³-hybridized carbons (Fsp3) is 0.192. The van der Waals surface area contributed by atoms with Gasteiger partial charge in [0.05, 0.1) is 34.6 Å². The normalized spacial score (nSPS) is 17.1. The van der Waals surface area contributed by atoms with Crippen molar-refractivity contribution in [2.75, 3.05) is 16.0 Å². The van der Waals surface area contributed by atoms with Crippen LogP contribution in [0.4, 0.5) is 10.8 Å². The summed E-state index contributed by atoms with van der Waals surface area (Å²) in [5.74, 6) is -0.652. The minimum absolute atomic E-state index is 0.0289. The maximum Gasteiger partial charge on any atom is 0.234 e. The first-order valence-corrected chi connectivity index (χ1v) is 13.4. The summed E-state index contributed by atoms with van der Waals surface area (Å²) in [5.41, 5.74) is 9.60. The number of nitrogens with one attached hydrogen (secondary N) is 1. The van der Waals surface area contributed by atoms with E-state index in [2.05, 4.69) is 26.6 Å². The number of hydrogen-bond donors (Lipinski definition) is 2. The van der Waals surface area contributed by atoms with Crippen LogP contribution in [-0.4, -0.2) is 32.6 Å². The molecule has 0 saturated heterocycles. The van der Waals surface area contributed by atoms with Crippen molar-refractivity contribution in [2.45, 2.75) is 29.5 Å². The summed E-state index contributed by atoms with van der Waals surface area (Å²) in [6.45, 7) is 0. The van der Waals surface area contributed by atoms with Crippen molar-refractivity contribution in [3.05, 3.63) is 82.6 Å². The highest BCUT2D eigenvalue weighted by Gasteiger charge is 2.41. The summed E-state index contributed by atoms with van der Waals surface area (Å²) in [4.78, 5) is 31.5. The Balaban J connectivity index is 1.41. The molecule has 188 valence electrons. The molecule has 0 saturated carbocycles. The third-order valence-corrected chi connectivity index (χ3v) is 8.21. The summed E-state index contributed by atoms with van der Waals surface area (Å²) in [5, 5.41) is 30.9. The van der Waals surface area contributed by atoms with Gasteiger partial charge < -0.3 is 11.1 Å². The summed E-state index contributed by atoms with van der Waals surface area (Å²) < 4.78 is 0.522. The molecule has 2 aromatic heterocycles. The Morgan fingerprint density at radius 3 is 2.79 bits per heavy atom. The first kappa shape index (κ1) is 25.1. The maximum absolute atomic E-state index is 13.2. The lowest BCUT2D eigenvalue weighted by molar-refractivity contribution is -0.116. The van der Waals surface area contributed by atoms with E-state index < -0.39 is 5.92 Å². The van der Waals surface area contributed by atoms with Crippen LogP contribution in [0.5, 0.6) is 0 Å². The molecule has 1 atom stereocenters. The molecule has 0 fully saturated rings. The molecule has 3 N–H and O–H groups in total. The fourth-order valence-corrected chi connectivity index (χ4v) is 6.22. The minimum atomic E-state index is -0.588. The number of nitrogens with zero attached hydrogens (tertiary/aromatic N) is 6. The van der Waals surface area contributed by atoms with E-state index >= 15 is 0 Å². The SMILES string of the molecule is N#CC1=C(N)N(c2nnc(SCC(=O)Nc3ccccc3C#N)s2)C2=C(C(=O)CCC2)C1c1cccnc1. The number of amides is 1. The van der Waals surface area contributed by atoms with Gasteiger partial charge in [-0.05, 0) is 36.6 Å². The van der Waals surface area contributed by atoms with E-state index in [1.165, 1.54) is 23.1 Å². The van der Waals surface area contributed by atoms with Gasteiger partial charge in [-0.2, -0.15) is 10.5 Å². The average Bonchev–Trinajstić information content (AvgIpc) is 3.40. The molecule has 0 radical (unpaired) electrons. The number of para-hydroxylation sites is 1. The number of carbonyl (C=O) groups is 2. The first-order chi connectivity index (χ1) is 18.5. The zero-order valence-corrected chi connectivity index (χ0v) is 21.6. The molecule has 1 amide bonds. The van der Waals surface area contributed by atoms with Gasteiger partial charge in [0.1, 0.15) is 11.9 Å². The molecule has 12 heteroatoms. The molecule has 1 aliphatic heterocycles. The predicted molar refractivity (Wildman–Crippen MR) is 143 cm³/mol. The van der Waals surface area contributed by atoms with Gasteiger partial charge >= 0.3 is 0 Å². The molecule has 10 nitrogen and oxygen atoms in total. The number of aromatic nitrogens is 3. The number of carbonyl (C=O) groups excluding carboxylic acids is 2. The molecule has 38 heavy (non-hydrogen) atoms. The fourth-order valence-electron chi connectivity index (χ4n) is 4.54. The van der Waals surface area contributed by atoms with Gasteiger partial charge in [0, 0.05) is 30.1 Å². The van der Waals surface area contributed by atoms with Crippen molar-refractivity contribution >= 4 is 45.6 Å². The highest BCUT2D eigenvalue weighted by molar-refractivity contribution is 8.01. The highest BCUT2D eigenvalue weighted by Crippen LogP contribution is 2.46. The molecule has 0 spiro atoms. The van der Waals surface area contributed by atoms with Crippen LogP contribution in [-0.2, 0) is 9.59 Å². The Morgan fingerprint density at radius 2 is 2.03 bits per heavy atom. The second kappa shape index (κ2) is 10.8. The van der Waals surface area contributed by atoms with Crippen LogP contribution < -0.4 is 16.0 Å². The molecule has 1 aromatic carbocycles. The second-order valence-electron chi connectivity index (χ2n) is 8.45. The largest absolute Gasteiger partial charge is 0.384 e. The van der Waals surface area contributed by atoms with Crippen molar-refractivity contribution in [1.29, 1.82) is 10.5 Å². The summed E-state index contributed by atoms with van der Waals surface area (Å²) >= 11 is 2.41. The van der Waals surface area contributed by atoms with E-state index in [-0.39, 0.29) is 28.8 Å². The number of benzene rings is 1. The van der Waals surface area contributed by atoms with E-state index in [1.54, 1.807) is 47.6 Å². The lowest BCUT2D eigenvalue weighted by atomic mass is 9.76. The number of nitrogens with two attached hydrogens (primary N) is 1. The van der Waals surface area contributed by atoms with E-state index in [0.29, 0.717) is 51.3 Å². The Kier molecular flexibility index (Phi) is 7.18. The van der Waals surface area contributed by atoms with Crippen LogP contribution in [0.2, 0.25) is 0 Å². The molecule has 5 rings (SSSR count). The standard InChI is InChI=1S/C26H20N8O2S2/c27-11-15-5-1-2-7-18(15)31-21(36)14-37-26-33-32-25(38-26)34-19-8-3-9-20(35)23(19)22(17(12-28)24(34)29)16-6-4-10-30-13-16/h1-2,4-7,10,13,22H,3,8-9,14,29H2,(H,31,36). The first-order valence-electron chi connectivity index (χ1n) is 11.6. The summed E-state index contributed by atoms with van der Waals surface area (Å²) in [6.07, 6.45) is 4.94. The Hall–Kier alpha value is -4.52. The summed E-state index contributed by atoms with van der Waals surface area (Å²) in [6, 6.07) is 14.6. The number of Topliss-reactive ketones (excluding diaryl/α,β-unsaturated/α-hetero) is 1. The molecule has 3 aromatic rings. The summed E-state index contributed by atoms with van der Waals surface area (Å²) in [7, 11) is 0. The van der Waals surface area contributed by atoms with Gasteiger partial charge in [-0.25, -0.2) is 0 Å². The quantitative estimate of drug-likeness (QED) is 0.439. The molecule has 0 bridgehead atoms. The molecular weight excluding hydrogens is 520 g/mol. The van der Waals surface area contributed by atoms with Crippen LogP contribution in [0, 0.1) is 22.7 Å². The van der Waals surface area contributed by atoms with Crippen molar-refractivity contribution < 1.29 is 9.59 Å². The Morgan fingerprint density at radius 1 is 1.18 bits per heavy atom. The van der Waals surface area contributed by atoms with E-state index in [0.717, 1.165) is 5.56 Å². The maximum atomic E-state index is 13.2. The van der Waals surface area contributed by atoms with Gasteiger partial charge in [0.2, 0.25) is 11.0 Å². The van der Waals surface area contributed by atoms with Crippen LogP contribution in [0.15, 0.2) is 75.8 Å². The molecule has 2 aliphatic rings. The van der Waals surface area contributed by atoms with Crippen LogP contribution in [0.25, 0.3) is 0 Å². The smallest absolute Gasteiger partial charge is 0.234 e. The number of rotatable bonds is 6. The Bertz CT molecular complexity index is 1570. The van der Waals surface area contributed by atoms with E-state index in [9.17, 15) is 20.1 Å². The zero-order chi connectivity index (χ0) is 26.6. The monoisotopic (exact) mass is 540 g/mol. The van der Waals surface area contributed by atoms with Crippen molar-refractivity contribution in [3.8, 4) is 12.1 Å². The number of hydrogen-bond acceptors (Lipinski definition) is 11. The Labute approximate surface area is 226 Å². The van der Waals surface area contributed by atoms with Crippen LogP contribution >= 0.6 is 23.1 Å². The average molecular weight is 541 g/mol.